The lowest BCUT2D eigenvalue weighted by molar-refractivity contribution is 0.177. The van der Waals surface area contributed by atoms with E-state index in [0.717, 1.165) is 5.56 Å². The average Bonchev–Trinajstić information content (AvgIpc) is 2.34. The van der Waals surface area contributed by atoms with E-state index in [9.17, 15) is 13.5 Å². The third kappa shape index (κ3) is 4.30. The molecule has 0 aromatic heterocycles. The first-order valence-electron chi connectivity index (χ1n) is 6.80. The van der Waals surface area contributed by atoms with Crippen molar-refractivity contribution in [2.24, 2.45) is 0 Å². The van der Waals surface area contributed by atoms with E-state index in [2.05, 4.69) is 20.8 Å². The molecule has 0 aliphatic rings. The third-order valence-electron chi connectivity index (χ3n) is 3.29. The molecule has 0 spiro atoms. The lowest BCUT2D eigenvalue weighted by Gasteiger charge is -2.21. The van der Waals surface area contributed by atoms with Crippen molar-refractivity contribution < 1.29 is 13.5 Å². The number of aliphatic hydroxyl groups excluding tert-OH is 1. The molecule has 0 fully saturated rings. The van der Waals surface area contributed by atoms with E-state index < -0.39 is 16.1 Å². The van der Waals surface area contributed by atoms with Gasteiger partial charge in [-0.05, 0) is 36.5 Å². The lowest BCUT2D eigenvalue weighted by atomic mass is 9.87. The number of rotatable bonds is 5. The largest absolute Gasteiger partial charge is 0.393 e. The molecule has 1 aromatic carbocycles. The maximum absolute atomic E-state index is 12.3. The summed E-state index contributed by atoms with van der Waals surface area (Å²) in [5, 5.41) is 9.24. The normalized spacial score (nSPS) is 14.6. The van der Waals surface area contributed by atoms with Crippen LogP contribution in [0.25, 0.3) is 0 Å². The predicted octanol–water partition coefficient (Wildman–Crippen LogP) is 2.38. The Morgan fingerprint density at radius 2 is 1.70 bits per heavy atom. The van der Waals surface area contributed by atoms with Crippen LogP contribution < -0.4 is 0 Å². The minimum Gasteiger partial charge on any atom is -0.393 e. The summed E-state index contributed by atoms with van der Waals surface area (Å²) in [6.07, 6.45) is -0.0774. The van der Waals surface area contributed by atoms with Crippen molar-refractivity contribution in [1.82, 2.24) is 4.31 Å². The van der Waals surface area contributed by atoms with Crippen LogP contribution in [0.1, 0.15) is 39.7 Å². The fraction of sp³-hybridized carbons (Fsp3) is 0.600. The van der Waals surface area contributed by atoms with Gasteiger partial charge in [0.2, 0.25) is 10.0 Å². The first kappa shape index (κ1) is 17.1. The molecule has 0 bridgehead atoms. The summed E-state index contributed by atoms with van der Waals surface area (Å²) in [6, 6.07) is 7.01. The zero-order chi connectivity index (χ0) is 15.6. The summed E-state index contributed by atoms with van der Waals surface area (Å²) >= 11 is 0. The maximum atomic E-state index is 12.3. The fourth-order valence-electron chi connectivity index (χ4n) is 1.80. The zero-order valence-corrected chi connectivity index (χ0v) is 13.7. The van der Waals surface area contributed by atoms with Gasteiger partial charge >= 0.3 is 0 Å². The molecular formula is C15H25NO3S. The predicted molar refractivity (Wildman–Crippen MR) is 81.3 cm³/mol. The molecule has 1 unspecified atom stereocenters. The SMILES string of the molecule is CC(O)CCN(C)S(=O)(=O)c1ccc(C(C)(C)C)cc1. The second-order valence-corrected chi connectivity index (χ2v) is 8.28. The second kappa shape index (κ2) is 6.24. The minimum absolute atomic E-state index is 0.000510. The van der Waals surface area contributed by atoms with E-state index in [1.165, 1.54) is 11.4 Å². The first-order valence-corrected chi connectivity index (χ1v) is 8.24. The first-order chi connectivity index (χ1) is 9.05. The van der Waals surface area contributed by atoms with E-state index in [-0.39, 0.29) is 5.41 Å². The fourth-order valence-corrected chi connectivity index (χ4v) is 2.98. The van der Waals surface area contributed by atoms with Gasteiger partial charge in [-0.1, -0.05) is 32.9 Å². The molecule has 114 valence electrons. The molecule has 0 aliphatic heterocycles. The van der Waals surface area contributed by atoms with E-state index >= 15 is 0 Å². The Kier molecular flexibility index (Phi) is 5.35. The number of benzene rings is 1. The van der Waals surface area contributed by atoms with Crippen LogP contribution in [0.2, 0.25) is 0 Å². The molecule has 1 N–H and O–H groups in total. The van der Waals surface area contributed by atoms with Gasteiger partial charge in [0.15, 0.2) is 0 Å². The van der Waals surface area contributed by atoms with Crippen LogP contribution in [-0.4, -0.2) is 37.5 Å². The molecule has 1 atom stereocenters. The Hall–Kier alpha value is -0.910. The van der Waals surface area contributed by atoms with Crippen molar-refractivity contribution >= 4 is 10.0 Å². The van der Waals surface area contributed by atoms with Crippen molar-refractivity contribution in [3.05, 3.63) is 29.8 Å². The molecule has 4 nitrogen and oxygen atoms in total. The van der Waals surface area contributed by atoms with E-state index in [4.69, 9.17) is 0 Å². The highest BCUT2D eigenvalue weighted by Gasteiger charge is 2.22. The number of hydrogen-bond donors (Lipinski definition) is 1. The molecule has 0 radical (unpaired) electrons. The number of hydrogen-bond acceptors (Lipinski definition) is 3. The summed E-state index contributed by atoms with van der Waals surface area (Å²) < 4.78 is 26.0. The number of sulfonamides is 1. The molecule has 1 rings (SSSR count). The van der Waals surface area contributed by atoms with Gasteiger partial charge in [0.1, 0.15) is 0 Å². The Labute approximate surface area is 122 Å². The smallest absolute Gasteiger partial charge is 0.242 e. The zero-order valence-electron chi connectivity index (χ0n) is 12.9. The van der Waals surface area contributed by atoms with E-state index in [0.29, 0.717) is 17.9 Å². The molecule has 0 heterocycles. The Balaban J connectivity index is 2.93. The van der Waals surface area contributed by atoms with Gasteiger partial charge in [-0.25, -0.2) is 12.7 Å². The Morgan fingerprint density at radius 3 is 2.10 bits per heavy atom. The van der Waals surface area contributed by atoms with Gasteiger partial charge in [-0.3, -0.25) is 0 Å². The van der Waals surface area contributed by atoms with Crippen molar-refractivity contribution in [3.63, 3.8) is 0 Å². The molecule has 0 saturated heterocycles. The highest BCUT2D eigenvalue weighted by atomic mass is 32.2. The monoisotopic (exact) mass is 299 g/mol. The minimum atomic E-state index is -3.47. The van der Waals surface area contributed by atoms with E-state index in [1.54, 1.807) is 19.1 Å². The van der Waals surface area contributed by atoms with E-state index in [1.807, 2.05) is 12.1 Å². The average molecular weight is 299 g/mol. The molecule has 0 amide bonds. The van der Waals surface area contributed by atoms with Crippen molar-refractivity contribution in [2.75, 3.05) is 13.6 Å². The van der Waals surface area contributed by atoms with Crippen LogP contribution in [-0.2, 0) is 15.4 Å². The highest BCUT2D eigenvalue weighted by molar-refractivity contribution is 7.89. The van der Waals surface area contributed by atoms with Crippen LogP contribution in [0.4, 0.5) is 0 Å². The van der Waals surface area contributed by atoms with Crippen LogP contribution >= 0.6 is 0 Å². The standard InChI is InChI=1S/C15H25NO3S/c1-12(17)10-11-16(5)20(18,19)14-8-6-13(7-9-14)15(2,3)4/h6-9,12,17H,10-11H2,1-5H3. The highest BCUT2D eigenvalue weighted by Crippen LogP contribution is 2.24. The molecule has 5 heteroatoms. The van der Waals surface area contributed by atoms with Crippen LogP contribution in [0.15, 0.2) is 29.2 Å². The van der Waals surface area contributed by atoms with Gasteiger partial charge in [0, 0.05) is 13.6 Å². The summed E-state index contributed by atoms with van der Waals surface area (Å²) in [5.74, 6) is 0. The summed E-state index contributed by atoms with van der Waals surface area (Å²) in [4.78, 5) is 0.290. The molecule has 0 aliphatic carbocycles. The summed E-state index contributed by atoms with van der Waals surface area (Å²) in [6.45, 7) is 8.22. The van der Waals surface area contributed by atoms with Gasteiger partial charge in [-0.2, -0.15) is 0 Å². The van der Waals surface area contributed by atoms with Crippen molar-refractivity contribution in [1.29, 1.82) is 0 Å². The quantitative estimate of drug-likeness (QED) is 0.908. The molecule has 0 saturated carbocycles. The second-order valence-electron chi connectivity index (χ2n) is 6.24. The van der Waals surface area contributed by atoms with Crippen molar-refractivity contribution in [2.45, 2.75) is 50.5 Å². The topological polar surface area (TPSA) is 57.6 Å². The van der Waals surface area contributed by atoms with Gasteiger partial charge < -0.3 is 5.11 Å². The van der Waals surface area contributed by atoms with Crippen LogP contribution in [0.5, 0.6) is 0 Å². The van der Waals surface area contributed by atoms with Gasteiger partial charge in [-0.15, -0.1) is 0 Å². The molecule has 20 heavy (non-hydrogen) atoms. The van der Waals surface area contributed by atoms with Crippen LogP contribution in [0.3, 0.4) is 0 Å². The summed E-state index contributed by atoms with van der Waals surface area (Å²) in [5.41, 5.74) is 1.10. The third-order valence-corrected chi connectivity index (χ3v) is 5.16. The number of nitrogens with zero attached hydrogens (tertiary/aromatic N) is 1. The van der Waals surface area contributed by atoms with Gasteiger partial charge in [0.25, 0.3) is 0 Å². The van der Waals surface area contributed by atoms with Crippen LogP contribution in [0, 0.1) is 0 Å². The molecule has 1 aromatic rings. The Morgan fingerprint density at radius 1 is 1.20 bits per heavy atom. The Bertz CT molecular complexity index is 527. The van der Waals surface area contributed by atoms with Gasteiger partial charge in [0.05, 0.1) is 11.0 Å². The van der Waals surface area contributed by atoms with Crippen molar-refractivity contribution in [3.8, 4) is 0 Å². The molecular weight excluding hydrogens is 274 g/mol. The maximum Gasteiger partial charge on any atom is 0.242 e. The lowest BCUT2D eigenvalue weighted by Crippen LogP contribution is -2.29. The summed E-state index contributed by atoms with van der Waals surface area (Å²) in [7, 11) is -1.94. The number of aliphatic hydroxyl groups is 1.